The van der Waals surface area contributed by atoms with Gasteiger partial charge in [-0.1, -0.05) is 29.8 Å². The second-order valence-electron chi connectivity index (χ2n) is 7.45. The predicted octanol–water partition coefficient (Wildman–Crippen LogP) is 3.62. The molecule has 0 radical (unpaired) electrons. The Kier molecular flexibility index (Phi) is 10.2. The Morgan fingerprint density at radius 1 is 1.13 bits per heavy atom. The molecule has 0 aromatic heterocycles. The van der Waals surface area contributed by atoms with Gasteiger partial charge >= 0.3 is 0 Å². The van der Waals surface area contributed by atoms with Crippen molar-refractivity contribution in [2.75, 3.05) is 50.6 Å². The maximum atomic E-state index is 5.06. The summed E-state index contributed by atoms with van der Waals surface area (Å²) in [6, 6.07) is 17.6. The largest absolute Gasteiger partial charge is 0.383 e. The summed E-state index contributed by atoms with van der Waals surface area (Å²) in [6.45, 7) is 6.44. The highest BCUT2D eigenvalue weighted by Crippen LogP contribution is 2.20. The number of anilines is 2. The van der Waals surface area contributed by atoms with Gasteiger partial charge in [0, 0.05) is 57.8 Å². The Bertz CT molecular complexity index is 779. The van der Waals surface area contributed by atoms with Gasteiger partial charge in [0.2, 0.25) is 0 Å². The molecule has 30 heavy (non-hydrogen) atoms. The van der Waals surface area contributed by atoms with Crippen LogP contribution in [0, 0.1) is 6.92 Å². The first kappa shape index (κ1) is 24.3. The van der Waals surface area contributed by atoms with Gasteiger partial charge in [-0.3, -0.25) is 4.99 Å². The number of aryl methyl sites for hydroxylation is 1. The van der Waals surface area contributed by atoms with Crippen LogP contribution in [-0.4, -0.2) is 52.4 Å². The molecule has 0 bridgehead atoms. The van der Waals surface area contributed by atoms with Gasteiger partial charge in [0.15, 0.2) is 5.96 Å². The molecule has 2 aromatic carbocycles. The van der Waals surface area contributed by atoms with Crippen molar-refractivity contribution in [1.29, 1.82) is 0 Å². The first-order valence-corrected chi connectivity index (χ1v) is 10.3. The van der Waals surface area contributed by atoms with Crippen LogP contribution in [0.3, 0.4) is 0 Å². The van der Waals surface area contributed by atoms with Crippen LogP contribution in [0.2, 0.25) is 0 Å². The third-order valence-electron chi connectivity index (χ3n) is 5.20. The lowest BCUT2D eigenvalue weighted by Gasteiger charge is -2.20. The summed E-state index contributed by atoms with van der Waals surface area (Å²) in [5.74, 6) is 0.850. The standard InChI is InChI=1S/C23H33N5O.HI/c1-18-4-10-22(11-5-18)28-14-12-21(17-28)27-23(24-2)26-16-19-6-8-20(9-7-19)25-13-15-29-3;/h4-11,21,25H,12-17H2,1-3H3,(H2,24,26,27);1H. The van der Waals surface area contributed by atoms with Crippen LogP contribution in [0.25, 0.3) is 0 Å². The predicted molar refractivity (Wildman–Crippen MR) is 137 cm³/mol. The normalized spacial score (nSPS) is 16.2. The number of hydrogen-bond acceptors (Lipinski definition) is 4. The van der Waals surface area contributed by atoms with E-state index in [4.69, 9.17) is 4.74 Å². The van der Waals surface area contributed by atoms with Gasteiger partial charge in [0.25, 0.3) is 0 Å². The number of halogens is 1. The number of aliphatic imine (C=N–C) groups is 1. The van der Waals surface area contributed by atoms with Gasteiger partial charge in [-0.05, 0) is 43.2 Å². The number of hydrogen-bond donors (Lipinski definition) is 3. The van der Waals surface area contributed by atoms with Crippen molar-refractivity contribution in [3.05, 3.63) is 59.7 Å². The molecule has 3 N–H and O–H groups in total. The number of ether oxygens (including phenoxy) is 1. The van der Waals surface area contributed by atoms with E-state index in [1.54, 1.807) is 7.11 Å². The van der Waals surface area contributed by atoms with Crippen molar-refractivity contribution < 1.29 is 4.74 Å². The molecule has 1 unspecified atom stereocenters. The monoisotopic (exact) mass is 523 g/mol. The fraction of sp³-hybridized carbons (Fsp3) is 0.435. The summed E-state index contributed by atoms with van der Waals surface area (Å²) in [5.41, 5.74) is 4.92. The van der Waals surface area contributed by atoms with Gasteiger partial charge in [-0.2, -0.15) is 0 Å². The van der Waals surface area contributed by atoms with E-state index in [-0.39, 0.29) is 24.0 Å². The molecule has 164 valence electrons. The van der Waals surface area contributed by atoms with Crippen LogP contribution in [0.15, 0.2) is 53.5 Å². The van der Waals surface area contributed by atoms with Crippen molar-refractivity contribution >= 4 is 41.3 Å². The molecule has 1 aliphatic heterocycles. The molecule has 2 aromatic rings. The van der Waals surface area contributed by atoms with E-state index in [1.807, 2.05) is 7.05 Å². The number of nitrogens with one attached hydrogen (secondary N) is 3. The Hall–Kier alpha value is -2.00. The van der Waals surface area contributed by atoms with Gasteiger partial charge in [-0.25, -0.2) is 0 Å². The van der Waals surface area contributed by atoms with E-state index in [9.17, 15) is 0 Å². The van der Waals surface area contributed by atoms with Crippen LogP contribution >= 0.6 is 24.0 Å². The molecule has 0 spiro atoms. The molecule has 1 aliphatic rings. The first-order valence-electron chi connectivity index (χ1n) is 10.3. The summed E-state index contributed by atoms with van der Waals surface area (Å²) in [7, 11) is 3.54. The SMILES string of the molecule is CN=C(NCc1ccc(NCCOC)cc1)NC1CCN(c2ccc(C)cc2)C1.I. The fourth-order valence-electron chi connectivity index (χ4n) is 3.48. The smallest absolute Gasteiger partial charge is 0.191 e. The molecule has 1 fully saturated rings. The van der Waals surface area contributed by atoms with E-state index >= 15 is 0 Å². The van der Waals surface area contributed by atoms with E-state index in [0.29, 0.717) is 12.6 Å². The molecule has 0 amide bonds. The molecule has 3 rings (SSSR count). The molecule has 0 aliphatic carbocycles. The van der Waals surface area contributed by atoms with Crippen molar-refractivity contribution in [3.8, 4) is 0 Å². The molecule has 7 heteroatoms. The molecule has 1 heterocycles. The zero-order valence-electron chi connectivity index (χ0n) is 18.1. The average Bonchev–Trinajstić information content (AvgIpc) is 3.21. The lowest BCUT2D eigenvalue weighted by Crippen LogP contribution is -2.44. The summed E-state index contributed by atoms with van der Waals surface area (Å²) < 4.78 is 5.06. The molecule has 6 nitrogen and oxygen atoms in total. The molecular weight excluding hydrogens is 489 g/mol. The van der Waals surface area contributed by atoms with E-state index < -0.39 is 0 Å². The van der Waals surface area contributed by atoms with E-state index in [2.05, 4.69) is 81.3 Å². The van der Waals surface area contributed by atoms with Crippen LogP contribution in [0.5, 0.6) is 0 Å². The number of methoxy groups -OCH3 is 1. The van der Waals surface area contributed by atoms with Gasteiger partial charge in [0.1, 0.15) is 0 Å². The minimum absolute atomic E-state index is 0. The second-order valence-corrected chi connectivity index (χ2v) is 7.45. The lowest BCUT2D eigenvalue weighted by atomic mass is 10.2. The van der Waals surface area contributed by atoms with E-state index in [1.165, 1.54) is 16.8 Å². The Morgan fingerprint density at radius 2 is 1.87 bits per heavy atom. The highest BCUT2D eigenvalue weighted by atomic mass is 127. The number of rotatable bonds is 8. The number of guanidine groups is 1. The number of benzene rings is 2. The molecule has 0 saturated carbocycles. The Balaban J connectivity index is 0.00000320. The topological polar surface area (TPSA) is 60.9 Å². The first-order chi connectivity index (χ1) is 14.2. The zero-order valence-corrected chi connectivity index (χ0v) is 20.5. The summed E-state index contributed by atoms with van der Waals surface area (Å²) in [4.78, 5) is 6.82. The van der Waals surface area contributed by atoms with Gasteiger partial charge in [0.05, 0.1) is 6.61 Å². The summed E-state index contributed by atoms with van der Waals surface area (Å²) in [5, 5.41) is 10.3. The third-order valence-corrected chi connectivity index (χ3v) is 5.20. The van der Waals surface area contributed by atoms with Crippen molar-refractivity contribution in [3.63, 3.8) is 0 Å². The summed E-state index contributed by atoms with van der Waals surface area (Å²) in [6.07, 6.45) is 1.11. The average molecular weight is 523 g/mol. The Morgan fingerprint density at radius 3 is 2.53 bits per heavy atom. The third kappa shape index (κ3) is 7.36. The van der Waals surface area contributed by atoms with Crippen LogP contribution in [0.4, 0.5) is 11.4 Å². The number of nitrogens with zero attached hydrogens (tertiary/aromatic N) is 2. The minimum atomic E-state index is 0. The maximum absolute atomic E-state index is 5.06. The molecule has 1 atom stereocenters. The molecule has 1 saturated heterocycles. The summed E-state index contributed by atoms with van der Waals surface area (Å²) >= 11 is 0. The quantitative estimate of drug-likeness (QED) is 0.214. The van der Waals surface area contributed by atoms with Gasteiger partial charge < -0.3 is 25.6 Å². The highest BCUT2D eigenvalue weighted by Gasteiger charge is 2.23. The minimum Gasteiger partial charge on any atom is -0.383 e. The fourth-order valence-corrected chi connectivity index (χ4v) is 3.48. The molecular formula is C23H34IN5O. The zero-order chi connectivity index (χ0) is 20.5. The van der Waals surface area contributed by atoms with Gasteiger partial charge in [-0.15, -0.1) is 24.0 Å². The van der Waals surface area contributed by atoms with Crippen LogP contribution in [-0.2, 0) is 11.3 Å². The van der Waals surface area contributed by atoms with Crippen molar-refractivity contribution in [1.82, 2.24) is 10.6 Å². The lowest BCUT2D eigenvalue weighted by molar-refractivity contribution is 0.211. The van der Waals surface area contributed by atoms with Crippen LogP contribution in [0.1, 0.15) is 17.5 Å². The maximum Gasteiger partial charge on any atom is 0.191 e. The highest BCUT2D eigenvalue weighted by molar-refractivity contribution is 14.0. The second kappa shape index (κ2) is 12.6. The van der Waals surface area contributed by atoms with Crippen LogP contribution < -0.4 is 20.9 Å². The van der Waals surface area contributed by atoms with E-state index in [0.717, 1.165) is 44.2 Å². The Labute approximate surface area is 197 Å². The van der Waals surface area contributed by atoms with Crippen molar-refractivity contribution in [2.24, 2.45) is 4.99 Å². The van der Waals surface area contributed by atoms with Crippen molar-refractivity contribution in [2.45, 2.75) is 25.9 Å².